The molecule has 1 aliphatic heterocycles. The second kappa shape index (κ2) is 7.51. The van der Waals surface area contributed by atoms with Crippen LogP contribution in [-0.2, 0) is 26.6 Å². The molecular formula is C17H22N2O5S2. The Morgan fingerprint density at radius 1 is 1.08 bits per heavy atom. The Hall–Kier alpha value is -1.68. The molecule has 1 unspecified atom stereocenters. The van der Waals surface area contributed by atoms with Crippen LogP contribution in [0, 0.1) is 0 Å². The number of furan rings is 1. The third kappa shape index (κ3) is 4.01. The first-order valence-corrected chi connectivity index (χ1v) is 11.4. The van der Waals surface area contributed by atoms with Gasteiger partial charge in [-0.2, -0.15) is 4.31 Å². The van der Waals surface area contributed by atoms with Crippen LogP contribution in [0.15, 0.2) is 56.9 Å². The van der Waals surface area contributed by atoms with Gasteiger partial charge in [0, 0.05) is 12.6 Å². The van der Waals surface area contributed by atoms with Crippen molar-refractivity contribution in [3.63, 3.8) is 0 Å². The third-order valence-corrected chi connectivity index (χ3v) is 7.94. The fourth-order valence-electron chi connectivity index (χ4n) is 3.02. The molecule has 1 atom stereocenters. The summed E-state index contributed by atoms with van der Waals surface area (Å²) >= 11 is 0. The summed E-state index contributed by atoms with van der Waals surface area (Å²) in [6, 6.07) is 8.60. The van der Waals surface area contributed by atoms with Crippen LogP contribution < -0.4 is 4.72 Å². The summed E-state index contributed by atoms with van der Waals surface area (Å²) in [4.78, 5) is 0.117. The van der Waals surface area contributed by atoms with Gasteiger partial charge in [0.15, 0.2) is 0 Å². The van der Waals surface area contributed by atoms with Gasteiger partial charge in [-0.1, -0.05) is 6.42 Å². The molecule has 142 valence electrons. The minimum Gasteiger partial charge on any atom is -0.468 e. The number of rotatable bonds is 6. The standard InChI is InChI=1S/C17H22N2O5S2/c1-14-5-2-3-11-19(14)26(22,23)17-9-7-16(8-10-17)25(20,21)18-13-15-6-4-12-24-15/h4,6-10,12,14,18H,2-3,5,11,13H2,1H3. The highest BCUT2D eigenvalue weighted by atomic mass is 32.2. The van der Waals surface area contributed by atoms with Gasteiger partial charge in [0.05, 0.1) is 22.6 Å². The average molecular weight is 399 g/mol. The largest absolute Gasteiger partial charge is 0.468 e. The van der Waals surface area contributed by atoms with Gasteiger partial charge < -0.3 is 4.42 Å². The van der Waals surface area contributed by atoms with E-state index < -0.39 is 20.0 Å². The van der Waals surface area contributed by atoms with Crippen molar-refractivity contribution in [3.05, 3.63) is 48.4 Å². The highest BCUT2D eigenvalue weighted by molar-refractivity contribution is 7.89. The number of benzene rings is 1. The summed E-state index contributed by atoms with van der Waals surface area (Å²) in [6.45, 7) is 2.42. The van der Waals surface area contributed by atoms with E-state index in [4.69, 9.17) is 4.42 Å². The Labute approximate surface area is 154 Å². The predicted octanol–water partition coefficient (Wildman–Crippen LogP) is 2.32. The Bertz CT molecular complexity index is 936. The van der Waals surface area contributed by atoms with E-state index >= 15 is 0 Å². The monoisotopic (exact) mass is 398 g/mol. The molecule has 7 nitrogen and oxygen atoms in total. The fourth-order valence-corrected chi connectivity index (χ4v) is 5.71. The summed E-state index contributed by atoms with van der Waals surface area (Å²) in [7, 11) is -7.37. The molecule has 1 aromatic carbocycles. The van der Waals surface area contributed by atoms with Gasteiger partial charge >= 0.3 is 0 Å². The van der Waals surface area contributed by atoms with E-state index in [0.29, 0.717) is 12.3 Å². The molecule has 1 saturated heterocycles. The first-order chi connectivity index (χ1) is 12.3. The summed E-state index contributed by atoms with van der Waals surface area (Å²) < 4.78 is 59.2. The summed E-state index contributed by atoms with van der Waals surface area (Å²) in [5.41, 5.74) is 0. The minimum absolute atomic E-state index is 0.00898. The second-order valence-electron chi connectivity index (χ2n) is 6.34. The van der Waals surface area contributed by atoms with E-state index in [1.54, 1.807) is 12.1 Å². The number of hydrogen-bond acceptors (Lipinski definition) is 5. The highest BCUT2D eigenvalue weighted by Gasteiger charge is 2.31. The maximum Gasteiger partial charge on any atom is 0.243 e. The molecule has 9 heteroatoms. The number of piperidine rings is 1. The molecule has 0 spiro atoms. The van der Waals surface area contributed by atoms with Crippen molar-refractivity contribution in [2.45, 2.75) is 48.6 Å². The average Bonchev–Trinajstić information content (AvgIpc) is 3.14. The molecule has 2 aromatic rings. The molecule has 0 radical (unpaired) electrons. The first kappa shape index (κ1) is 19.1. The van der Waals surface area contributed by atoms with E-state index in [2.05, 4.69) is 4.72 Å². The number of hydrogen-bond donors (Lipinski definition) is 1. The van der Waals surface area contributed by atoms with Crippen LogP contribution in [0.2, 0.25) is 0 Å². The Kier molecular flexibility index (Phi) is 5.52. The molecule has 26 heavy (non-hydrogen) atoms. The van der Waals surface area contributed by atoms with Crippen molar-refractivity contribution < 1.29 is 21.3 Å². The van der Waals surface area contributed by atoms with Crippen molar-refractivity contribution in [1.29, 1.82) is 0 Å². The van der Waals surface area contributed by atoms with Crippen molar-refractivity contribution in [2.24, 2.45) is 0 Å². The smallest absolute Gasteiger partial charge is 0.243 e. The summed E-state index contributed by atoms with van der Waals surface area (Å²) in [5.74, 6) is 0.492. The molecule has 1 aliphatic rings. The molecule has 3 rings (SSSR count). The molecule has 0 bridgehead atoms. The van der Waals surface area contributed by atoms with Crippen molar-refractivity contribution in [3.8, 4) is 0 Å². The summed E-state index contributed by atoms with van der Waals surface area (Å²) in [6.07, 6.45) is 4.16. The molecule has 1 fully saturated rings. The molecule has 1 aromatic heterocycles. The van der Waals surface area contributed by atoms with Crippen LogP contribution >= 0.6 is 0 Å². The lowest BCUT2D eigenvalue weighted by molar-refractivity contribution is 0.268. The Morgan fingerprint density at radius 3 is 2.38 bits per heavy atom. The second-order valence-corrected chi connectivity index (χ2v) is 9.99. The van der Waals surface area contributed by atoms with Crippen LogP contribution in [0.1, 0.15) is 31.9 Å². The van der Waals surface area contributed by atoms with Gasteiger partial charge in [-0.05, 0) is 56.2 Å². The minimum atomic E-state index is -3.75. The lowest BCUT2D eigenvalue weighted by Gasteiger charge is -2.32. The van der Waals surface area contributed by atoms with Crippen molar-refractivity contribution in [1.82, 2.24) is 9.03 Å². The molecule has 2 heterocycles. The van der Waals surface area contributed by atoms with Crippen molar-refractivity contribution in [2.75, 3.05) is 6.54 Å². The molecule has 1 N–H and O–H groups in total. The Balaban J connectivity index is 1.77. The zero-order valence-electron chi connectivity index (χ0n) is 14.5. The van der Waals surface area contributed by atoms with Crippen LogP contribution in [0.5, 0.6) is 0 Å². The topological polar surface area (TPSA) is 96.7 Å². The number of nitrogens with zero attached hydrogens (tertiary/aromatic N) is 1. The highest BCUT2D eigenvalue weighted by Crippen LogP contribution is 2.25. The number of sulfonamides is 2. The van der Waals surface area contributed by atoms with Crippen LogP contribution in [0.25, 0.3) is 0 Å². The summed E-state index contributed by atoms with van der Waals surface area (Å²) in [5, 5.41) is 0. The van der Waals surface area contributed by atoms with Gasteiger partial charge in [-0.25, -0.2) is 21.6 Å². The van der Waals surface area contributed by atoms with E-state index in [1.165, 1.54) is 34.8 Å². The Morgan fingerprint density at radius 2 is 1.77 bits per heavy atom. The third-order valence-electron chi connectivity index (χ3n) is 4.50. The molecular weight excluding hydrogens is 376 g/mol. The lowest BCUT2D eigenvalue weighted by atomic mass is 10.1. The van der Waals surface area contributed by atoms with Gasteiger partial charge in [0.2, 0.25) is 20.0 Å². The van der Waals surface area contributed by atoms with E-state index in [1.807, 2.05) is 6.92 Å². The maximum atomic E-state index is 12.8. The van der Waals surface area contributed by atoms with Crippen LogP contribution in [-0.4, -0.2) is 33.7 Å². The van der Waals surface area contributed by atoms with Gasteiger partial charge in [0.25, 0.3) is 0 Å². The van der Waals surface area contributed by atoms with Crippen molar-refractivity contribution >= 4 is 20.0 Å². The maximum absolute atomic E-state index is 12.8. The molecule has 0 aliphatic carbocycles. The van der Waals surface area contributed by atoms with Gasteiger partial charge in [-0.3, -0.25) is 0 Å². The van der Waals surface area contributed by atoms with Gasteiger partial charge in [0.1, 0.15) is 5.76 Å². The lowest BCUT2D eigenvalue weighted by Crippen LogP contribution is -2.41. The fraction of sp³-hybridized carbons (Fsp3) is 0.412. The molecule has 0 saturated carbocycles. The van der Waals surface area contributed by atoms with Crippen LogP contribution in [0.3, 0.4) is 0 Å². The normalized spacial score (nSPS) is 19.5. The zero-order valence-corrected chi connectivity index (χ0v) is 16.1. The number of nitrogens with one attached hydrogen (secondary N) is 1. The SMILES string of the molecule is CC1CCCCN1S(=O)(=O)c1ccc(S(=O)(=O)NCc2ccco2)cc1. The zero-order chi connectivity index (χ0) is 18.8. The van der Waals surface area contributed by atoms with E-state index in [9.17, 15) is 16.8 Å². The van der Waals surface area contributed by atoms with Gasteiger partial charge in [-0.15, -0.1) is 0 Å². The first-order valence-electron chi connectivity index (χ1n) is 8.45. The van der Waals surface area contributed by atoms with E-state index in [0.717, 1.165) is 19.3 Å². The van der Waals surface area contributed by atoms with E-state index in [-0.39, 0.29) is 22.4 Å². The quantitative estimate of drug-likeness (QED) is 0.805. The molecule has 0 amide bonds. The van der Waals surface area contributed by atoms with Crippen LogP contribution in [0.4, 0.5) is 0 Å². The predicted molar refractivity (Wildman–Crippen MR) is 96.4 cm³/mol.